The van der Waals surface area contributed by atoms with Gasteiger partial charge in [0.25, 0.3) is 0 Å². The van der Waals surface area contributed by atoms with Crippen molar-refractivity contribution < 1.29 is 99.2 Å². The molecule has 3 aromatic rings. The highest BCUT2D eigenvalue weighted by atomic mass is 16.8. The lowest BCUT2D eigenvalue weighted by molar-refractivity contribution is -0.358. The Kier molecular flexibility index (Phi) is 11.9. The molecule has 21 heteroatoms. The van der Waals surface area contributed by atoms with E-state index in [-0.39, 0.29) is 16.9 Å². The number of aliphatic hydroxyl groups is 11. The summed E-state index contributed by atoms with van der Waals surface area (Å²) in [6, 6.07) is 7.10. The molecule has 0 spiro atoms. The van der Waals surface area contributed by atoms with Gasteiger partial charge < -0.3 is 99.2 Å². The second-order valence-corrected chi connectivity index (χ2v) is 12.9. The molecule has 3 aliphatic heterocycles. The van der Waals surface area contributed by atoms with Crippen molar-refractivity contribution in [2.75, 3.05) is 19.8 Å². The van der Waals surface area contributed by atoms with Crippen molar-refractivity contribution in [3.8, 4) is 34.3 Å². The standard InChI is InChI=1S/C33H40O21/c34-7-15-19(39)23(43)26(46)31(50-15)48-12-3-1-10(2-4-12)28-29(22(42)18-13(38)5-11(37)6-14(18)49-28)53-33-30(25(45)21(41)17(9-36)52-33)54-32-27(47)24(44)20(40)16(8-35)51-32/h1-6,15-17,19-21,23-27,30-41,43-47H,7-9H2/t15-,16+,17+,19-,20+,21+,23+,24-,25-,26-,27+,30+,31-,32-,33-/m1/s1. The van der Waals surface area contributed by atoms with E-state index in [1.165, 1.54) is 24.3 Å². The van der Waals surface area contributed by atoms with Gasteiger partial charge in [0.2, 0.25) is 23.8 Å². The van der Waals surface area contributed by atoms with Gasteiger partial charge in [-0.2, -0.15) is 0 Å². The number of aliphatic hydroxyl groups excluding tert-OH is 11. The maximum absolute atomic E-state index is 14.0. The van der Waals surface area contributed by atoms with Crippen molar-refractivity contribution in [2.45, 2.75) is 92.1 Å². The fraction of sp³-hybridized carbons (Fsp3) is 0.545. The van der Waals surface area contributed by atoms with Crippen LogP contribution in [-0.4, -0.2) is 178 Å². The van der Waals surface area contributed by atoms with Crippen molar-refractivity contribution >= 4 is 11.0 Å². The maximum atomic E-state index is 14.0. The lowest BCUT2D eigenvalue weighted by Gasteiger charge is -2.45. The summed E-state index contributed by atoms with van der Waals surface area (Å²) in [5.74, 6) is -2.33. The zero-order chi connectivity index (χ0) is 39.2. The van der Waals surface area contributed by atoms with Crippen molar-refractivity contribution in [1.29, 1.82) is 0 Å². The van der Waals surface area contributed by atoms with Crippen LogP contribution in [0.15, 0.2) is 45.6 Å². The van der Waals surface area contributed by atoms with E-state index in [1.54, 1.807) is 0 Å². The fourth-order valence-corrected chi connectivity index (χ4v) is 6.30. The third-order valence-corrected chi connectivity index (χ3v) is 9.33. The molecule has 3 fully saturated rings. The van der Waals surface area contributed by atoms with Gasteiger partial charge in [0, 0.05) is 17.7 Å². The van der Waals surface area contributed by atoms with Crippen LogP contribution in [0, 0.1) is 0 Å². The first-order valence-corrected chi connectivity index (χ1v) is 16.5. The van der Waals surface area contributed by atoms with Gasteiger partial charge in [0.1, 0.15) is 95.4 Å². The summed E-state index contributed by atoms with van der Waals surface area (Å²) in [4.78, 5) is 14.0. The molecule has 0 saturated carbocycles. The van der Waals surface area contributed by atoms with E-state index in [2.05, 4.69) is 0 Å². The topological polar surface area (TPSA) is 349 Å². The normalized spacial score (nSPS) is 37.3. The number of aromatic hydroxyl groups is 2. The van der Waals surface area contributed by atoms with Gasteiger partial charge in [-0.15, -0.1) is 0 Å². The lowest BCUT2D eigenvalue weighted by atomic mass is 9.97. The van der Waals surface area contributed by atoms with Crippen LogP contribution in [0.3, 0.4) is 0 Å². The van der Waals surface area contributed by atoms with Gasteiger partial charge >= 0.3 is 0 Å². The van der Waals surface area contributed by atoms with Gasteiger partial charge in [-0.05, 0) is 24.3 Å². The molecular weight excluding hydrogens is 732 g/mol. The molecule has 0 bridgehead atoms. The van der Waals surface area contributed by atoms with Crippen LogP contribution < -0.4 is 14.9 Å². The molecule has 2 aromatic carbocycles. The van der Waals surface area contributed by atoms with E-state index in [0.29, 0.717) is 0 Å². The summed E-state index contributed by atoms with van der Waals surface area (Å²) in [5.41, 5.74) is -1.35. The molecule has 54 heavy (non-hydrogen) atoms. The number of hydrogen-bond acceptors (Lipinski definition) is 21. The summed E-state index contributed by atoms with van der Waals surface area (Å²) in [5, 5.41) is 133. The molecule has 3 aliphatic rings. The summed E-state index contributed by atoms with van der Waals surface area (Å²) in [6.45, 7) is -2.43. The van der Waals surface area contributed by atoms with Gasteiger partial charge in [0.05, 0.1) is 19.8 Å². The van der Waals surface area contributed by atoms with E-state index in [9.17, 15) is 71.2 Å². The Balaban J connectivity index is 1.37. The van der Waals surface area contributed by atoms with E-state index in [4.69, 9.17) is 32.8 Å². The minimum Gasteiger partial charge on any atom is -0.508 e. The molecule has 0 aliphatic carbocycles. The summed E-state index contributed by atoms with van der Waals surface area (Å²) in [6.07, 6.45) is -26.2. The van der Waals surface area contributed by atoms with Gasteiger partial charge in [-0.1, -0.05) is 0 Å². The van der Waals surface area contributed by atoms with Crippen molar-refractivity contribution in [1.82, 2.24) is 0 Å². The molecular formula is C33H40O21. The largest absolute Gasteiger partial charge is 0.508 e. The number of ether oxygens (including phenoxy) is 6. The molecule has 6 rings (SSSR count). The molecule has 4 heterocycles. The number of phenolic OH excluding ortho intramolecular Hbond substituents is 2. The monoisotopic (exact) mass is 772 g/mol. The van der Waals surface area contributed by atoms with Gasteiger partial charge in [0.15, 0.2) is 18.2 Å². The average molecular weight is 773 g/mol. The van der Waals surface area contributed by atoms with E-state index >= 15 is 0 Å². The molecule has 21 nitrogen and oxygen atoms in total. The Labute approximate surface area is 303 Å². The van der Waals surface area contributed by atoms with Crippen LogP contribution in [0.2, 0.25) is 0 Å². The predicted octanol–water partition coefficient (Wildman–Crippen LogP) is -4.95. The van der Waals surface area contributed by atoms with Crippen molar-refractivity contribution in [3.05, 3.63) is 46.6 Å². The van der Waals surface area contributed by atoms with Crippen LogP contribution in [0.25, 0.3) is 22.3 Å². The van der Waals surface area contributed by atoms with Gasteiger partial charge in [-0.25, -0.2) is 0 Å². The summed E-state index contributed by atoms with van der Waals surface area (Å²) < 4.78 is 39.6. The average Bonchev–Trinajstić information content (AvgIpc) is 3.15. The van der Waals surface area contributed by atoms with Crippen LogP contribution in [0.4, 0.5) is 0 Å². The second-order valence-electron chi connectivity index (χ2n) is 12.9. The quantitative estimate of drug-likeness (QED) is 0.0918. The van der Waals surface area contributed by atoms with E-state index in [0.717, 1.165) is 12.1 Å². The zero-order valence-corrected chi connectivity index (χ0v) is 27.8. The Morgan fingerprint density at radius 1 is 0.593 bits per heavy atom. The SMILES string of the molecule is O=c1c(O[C@H]2O[C@@H](CO)[C@H](O)[C@@H](O)[C@@H]2O[C@H]2O[C@@H](CO)[C@H](O)[C@@H](O)[C@@H]2O)c(-c2ccc(O[C@@H]3O[C@H](CO)[C@@H](O)[C@H](O)[C@H]3O)cc2)oc2cc(O)cc(O)c12. The molecule has 298 valence electrons. The van der Waals surface area contributed by atoms with E-state index in [1.807, 2.05) is 0 Å². The van der Waals surface area contributed by atoms with Crippen LogP contribution in [-0.2, 0) is 18.9 Å². The molecule has 0 unspecified atom stereocenters. The molecule has 13 N–H and O–H groups in total. The maximum Gasteiger partial charge on any atom is 0.239 e. The Morgan fingerprint density at radius 2 is 1.11 bits per heavy atom. The molecule has 3 saturated heterocycles. The highest BCUT2D eigenvalue weighted by Crippen LogP contribution is 2.39. The Bertz CT molecular complexity index is 1800. The highest BCUT2D eigenvalue weighted by Gasteiger charge is 2.52. The second kappa shape index (κ2) is 16.2. The number of rotatable bonds is 10. The number of fused-ring (bicyclic) bond motifs is 1. The van der Waals surface area contributed by atoms with Crippen molar-refractivity contribution in [3.63, 3.8) is 0 Å². The number of phenols is 2. The zero-order valence-electron chi connectivity index (χ0n) is 27.8. The first-order chi connectivity index (χ1) is 25.7. The summed E-state index contributed by atoms with van der Waals surface area (Å²) >= 11 is 0. The van der Waals surface area contributed by atoms with Gasteiger partial charge in [-0.3, -0.25) is 4.79 Å². The number of benzene rings is 2. The third-order valence-electron chi connectivity index (χ3n) is 9.33. The lowest BCUT2D eigenvalue weighted by Crippen LogP contribution is -2.65. The predicted molar refractivity (Wildman–Crippen MR) is 173 cm³/mol. The van der Waals surface area contributed by atoms with Crippen LogP contribution in [0.5, 0.6) is 23.0 Å². The summed E-state index contributed by atoms with van der Waals surface area (Å²) in [7, 11) is 0. The first kappa shape index (κ1) is 39.9. The fourth-order valence-electron chi connectivity index (χ4n) is 6.30. The number of hydrogen-bond donors (Lipinski definition) is 13. The first-order valence-electron chi connectivity index (χ1n) is 16.5. The minimum atomic E-state index is -2.01. The minimum absolute atomic E-state index is 0.00970. The van der Waals surface area contributed by atoms with Crippen LogP contribution >= 0.6 is 0 Å². The van der Waals surface area contributed by atoms with E-state index < -0.39 is 146 Å². The highest BCUT2D eigenvalue weighted by molar-refractivity contribution is 5.88. The Morgan fingerprint density at radius 3 is 1.69 bits per heavy atom. The molecule has 1 aromatic heterocycles. The smallest absolute Gasteiger partial charge is 0.239 e. The van der Waals surface area contributed by atoms with Crippen LogP contribution in [0.1, 0.15) is 0 Å². The Hall–Kier alpha value is -3.75. The third kappa shape index (κ3) is 7.45. The van der Waals surface area contributed by atoms with Crippen molar-refractivity contribution in [2.24, 2.45) is 0 Å². The molecule has 0 amide bonds. The molecule has 0 radical (unpaired) electrons. The molecule has 15 atom stereocenters.